The Morgan fingerprint density at radius 3 is 1.78 bits per heavy atom. The van der Waals surface area contributed by atoms with E-state index in [9.17, 15) is 0 Å². The maximum absolute atomic E-state index is 2.49. The molecule has 15 rings (SSSR count). The van der Waals surface area contributed by atoms with Gasteiger partial charge in [0.1, 0.15) is 0 Å². The molecule has 2 heterocycles. The first-order chi connectivity index (χ1) is 29.3. The Balaban J connectivity index is 0.927. The summed E-state index contributed by atoms with van der Waals surface area (Å²) in [7, 11) is 0. The number of rotatable bonds is 3. The quantitative estimate of drug-likeness (QED) is 0.159. The van der Waals surface area contributed by atoms with Crippen LogP contribution >= 0.6 is 0 Å². The van der Waals surface area contributed by atoms with E-state index in [1.54, 1.807) is 0 Å². The SMILES string of the molecule is c1ccc2c(c1)-c1c(ccc3c4cccc5c4c4c(cccc4c13)C51c3ccccc3-c3ccccc31)C2CCc1ccc2c(c1)c1cccc3c4ccccc4n2c31. The highest BCUT2D eigenvalue weighted by atomic mass is 14.9. The van der Waals surface area contributed by atoms with Crippen LogP contribution in [0.2, 0.25) is 0 Å². The predicted octanol–water partition coefficient (Wildman–Crippen LogP) is 14.7. The van der Waals surface area contributed by atoms with Crippen LogP contribution < -0.4 is 0 Å². The van der Waals surface area contributed by atoms with Crippen LogP contribution in [-0.4, -0.2) is 4.40 Å². The Morgan fingerprint density at radius 2 is 0.966 bits per heavy atom. The lowest BCUT2D eigenvalue weighted by Crippen LogP contribution is -2.25. The third kappa shape index (κ3) is 3.50. The summed E-state index contributed by atoms with van der Waals surface area (Å²) in [6.07, 6.45) is 2.08. The Bertz CT molecular complexity index is 3810. The lowest BCUT2D eigenvalue weighted by Gasteiger charge is -2.30. The second-order valence-electron chi connectivity index (χ2n) is 17.3. The van der Waals surface area contributed by atoms with E-state index in [2.05, 4.69) is 186 Å². The van der Waals surface area contributed by atoms with Crippen molar-refractivity contribution in [3.8, 4) is 22.3 Å². The molecule has 0 fully saturated rings. The van der Waals surface area contributed by atoms with Gasteiger partial charge in [0.25, 0.3) is 0 Å². The number of aromatic nitrogens is 1. The van der Waals surface area contributed by atoms with Crippen molar-refractivity contribution >= 4 is 70.4 Å². The molecule has 0 aliphatic heterocycles. The van der Waals surface area contributed by atoms with E-state index < -0.39 is 0 Å². The van der Waals surface area contributed by atoms with Crippen LogP contribution in [0, 0.1) is 0 Å². The molecule has 3 aliphatic rings. The predicted molar refractivity (Wildman–Crippen MR) is 247 cm³/mol. The van der Waals surface area contributed by atoms with Gasteiger partial charge in [-0.25, -0.2) is 0 Å². The van der Waals surface area contributed by atoms with Crippen molar-refractivity contribution in [3.63, 3.8) is 0 Å². The molecule has 0 saturated carbocycles. The molecule has 0 radical (unpaired) electrons. The third-order valence-corrected chi connectivity index (χ3v) is 14.9. The fourth-order valence-electron chi connectivity index (χ4n) is 12.8. The van der Waals surface area contributed by atoms with Crippen LogP contribution in [0.25, 0.3) is 92.7 Å². The number of benzene rings is 10. The fraction of sp³-hybridized carbons (Fsp3) is 0.0690. The molecule has 0 bridgehead atoms. The number of hydrogen-bond donors (Lipinski definition) is 0. The van der Waals surface area contributed by atoms with Crippen molar-refractivity contribution in [2.45, 2.75) is 24.2 Å². The Morgan fingerprint density at radius 1 is 0.390 bits per heavy atom. The van der Waals surface area contributed by atoms with Crippen LogP contribution in [0.15, 0.2) is 182 Å². The summed E-state index contributed by atoms with van der Waals surface area (Å²) in [5, 5.41) is 13.8. The average molecular weight is 746 g/mol. The summed E-state index contributed by atoms with van der Waals surface area (Å²) in [6, 6.07) is 69.8. The van der Waals surface area contributed by atoms with Crippen molar-refractivity contribution in [1.82, 2.24) is 4.40 Å². The molecule has 0 N–H and O–H groups in total. The van der Waals surface area contributed by atoms with Crippen molar-refractivity contribution in [3.05, 3.63) is 221 Å². The van der Waals surface area contributed by atoms with Gasteiger partial charge in [0, 0.05) is 27.5 Å². The van der Waals surface area contributed by atoms with E-state index in [1.165, 1.54) is 132 Å². The van der Waals surface area contributed by atoms with Crippen molar-refractivity contribution in [2.75, 3.05) is 0 Å². The molecule has 1 heteroatoms. The molecule has 0 amide bonds. The summed E-state index contributed by atoms with van der Waals surface area (Å²) < 4.78 is 2.49. The van der Waals surface area contributed by atoms with Gasteiger partial charge in [-0.3, -0.25) is 0 Å². The van der Waals surface area contributed by atoms with Crippen LogP contribution in [-0.2, 0) is 11.8 Å². The summed E-state index contributed by atoms with van der Waals surface area (Å²) >= 11 is 0. The highest BCUT2D eigenvalue weighted by Crippen LogP contribution is 2.64. The first-order valence-corrected chi connectivity index (χ1v) is 21.2. The van der Waals surface area contributed by atoms with E-state index in [0.29, 0.717) is 5.92 Å². The average Bonchev–Trinajstić information content (AvgIpc) is 4.07. The van der Waals surface area contributed by atoms with Gasteiger partial charge in [0.2, 0.25) is 0 Å². The van der Waals surface area contributed by atoms with Gasteiger partial charge in [-0.05, 0) is 125 Å². The van der Waals surface area contributed by atoms with E-state index in [-0.39, 0.29) is 5.41 Å². The summed E-state index contributed by atoms with van der Waals surface area (Å²) in [4.78, 5) is 0. The Kier molecular flexibility index (Phi) is 5.56. The topological polar surface area (TPSA) is 4.41 Å². The number of para-hydroxylation sites is 2. The normalized spacial score (nSPS) is 15.6. The smallest absolute Gasteiger partial charge is 0.0725 e. The second-order valence-corrected chi connectivity index (χ2v) is 17.3. The molecule has 272 valence electrons. The molecular formula is C58H35N. The van der Waals surface area contributed by atoms with Crippen LogP contribution in [0.4, 0.5) is 0 Å². The second kappa shape index (κ2) is 10.6. The number of nitrogens with zero attached hydrogens (tertiary/aromatic N) is 1. The summed E-state index contributed by atoms with van der Waals surface area (Å²) in [5.74, 6) is 0.324. The molecule has 1 spiro atoms. The van der Waals surface area contributed by atoms with Gasteiger partial charge in [-0.15, -0.1) is 0 Å². The largest absolute Gasteiger partial charge is 0.308 e. The summed E-state index contributed by atoms with van der Waals surface area (Å²) in [5.41, 5.74) is 19.1. The van der Waals surface area contributed by atoms with E-state index in [1.807, 2.05) is 0 Å². The van der Waals surface area contributed by atoms with Crippen LogP contribution in [0.1, 0.15) is 51.3 Å². The maximum Gasteiger partial charge on any atom is 0.0725 e. The van der Waals surface area contributed by atoms with Crippen LogP contribution in [0.3, 0.4) is 0 Å². The Hall–Kier alpha value is -7.22. The van der Waals surface area contributed by atoms with E-state index in [4.69, 9.17) is 0 Å². The molecule has 3 aliphatic carbocycles. The zero-order valence-electron chi connectivity index (χ0n) is 32.3. The van der Waals surface area contributed by atoms with Gasteiger partial charge in [-0.1, -0.05) is 164 Å². The summed E-state index contributed by atoms with van der Waals surface area (Å²) in [6.45, 7) is 0. The minimum absolute atomic E-state index is 0.324. The standard InChI is InChI=1S/C58H35N/c1-2-16-39-34(12-1)35(28-26-33-27-31-52-46(32-33)44-19-9-18-43-38-15-5-8-25-51(38)59(52)57(43)44)41-29-30-42-40-17-10-23-49-55(40)56-45(54(42)53(39)41)20-11-24-50(56)58(49)47-21-6-3-13-36(47)37-14-4-7-22-48(37)58/h1-25,27,29-32,35H,26,28H2. The van der Waals surface area contributed by atoms with Gasteiger partial charge >= 0.3 is 0 Å². The minimum Gasteiger partial charge on any atom is -0.308 e. The highest BCUT2D eigenvalue weighted by Gasteiger charge is 2.51. The molecule has 0 saturated heterocycles. The highest BCUT2D eigenvalue weighted by molar-refractivity contribution is 6.33. The van der Waals surface area contributed by atoms with Crippen molar-refractivity contribution in [2.24, 2.45) is 0 Å². The zero-order valence-corrected chi connectivity index (χ0v) is 32.3. The number of aryl methyl sites for hydroxylation is 1. The van der Waals surface area contributed by atoms with Crippen LogP contribution in [0.5, 0.6) is 0 Å². The van der Waals surface area contributed by atoms with Crippen molar-refractivity contribution < 1.29 is 0 Å². The Labute approximate surface area is 340 Å². The molecular weight excluding hydrogens is 711 g/mol. The van der Waals surface area contributed by atoms with E-state index >= 15 is 0 Å². The lowest BCUT2D eigenvalue weighted by molar-refractivity contribution is 0.730. The first-order valence-electron chi connectivity index (χ1n) is 21.2. The third-order valence-electron chi connectivity index (χ3n) is 14.9. The van der Waals surface area contributed by atoms with Crippen molar-refractivity contribution in [1.29, 1.82) is 0 Å². The van der Waals surface area contributed by atoms with Gasteiger partial charge in [0.15, 0.2) is 0 Å². The fourth-order valence-corrected chi connectivity index (χ4v) is 12.8. The molecule has 1 nitrogen and oxygen atoms in total. The molecule has 10 aromatic carbocycles. The minimum atomic E-state index is -0.341. The molecule has 2 aromatic heterocycles. The number of hydrogen-bond acceptors (Lipinski definition) is 0. The molecule has 12 aromatic rings. The van der Waals surface area contributed by atoms with Gasteiger partial charge in [0.05, 0.1) is 22.0 Å². The van der Waals surface area contributed by atoms with E-state index in [0.717, 1.165) is 12.8 Å². The molecule has 59 heavy (non-hydrogen) atoms. The van der Waals surface area contributed by atoms with Gasteiger partial charge in [-0.2, -0.15) is 0 Å². The molecule has 1 atom stereocenters. The first kappa shape index (κ1) is 30.9. The maximum atomic E-state index is 2.49. The molecule has 1 unspecified atom stereocenters. The number of fused-ring (bicyclic) bond motifs is 20. The zero-order chi connectivity index (χ0) is 38.1. The van der Waals surface area contributed by atoms with Gasteiger partial charge < -0.3 is 4.40 Å². The monoisotopic (exact) mass is 745 g/mol. The lowest BCUT2D eigenvalue weighted by atomic mass is 9.70.